The third kappa shape index (κ3) is 6.05. The predicted octanol–water partition coefficient (Wildman–Crippen LogP) is 2.57. The van der Waals surface area contributed by atoms with E-state index < -0.39 is 9.84 Å². The lowest BCUT2D eigenvalue weighted by Gasteiger charge is -2.30. The minimum absolute atomic E-state index is 0.192. The van der Waals surface area contributed by atoms with Gasteiger partial charge in [0.25, 0.3) is 0 Å². The van der Waals surface area contributed by atoms with E-state index in [0.717, 1.165) is 17.6 Å². The molecule has 0 aromatic rings. The van der Waals surface area contributed by atoms with Crippen LogP contribution in [0, 0.1) is 5.92 Å². The van der Waals surface area contributed by atoms with Crippen molar-refractivity contribution in [3.8, 4) is 0 Å². The van der Waals surface area contributed by atoms with Gasteiger partial charge in [-0.2, -0.15) is 11.8 Å². The Kier molecular flexibility index (Phi) is 6.94. The van der Waals surface area contributed by atoms with Gasteiger partial charge in [-0.3, -0.25) is 4.99 Å². The van der Waals surface area contributed by atoms with E-state index in [1.165, 1.54) is 51.4 Å². The van der Waals surface area contributed by atoms with E-state index in [2.05, 4.69) is 16.9 Å². The van der Waals surface area contributed by atoms with Crippen LogP contribution in [0.25, 0.3) is 0 Å². The number of thioether (sulfide) groups is 1. The average Bonchev–Trinajstić information content (AvgIpc) is 3.22. The molecule has 0 aromatic heterocycles. The highest BCUT2D eigenvalue weighted by molar-refractivity contribution is 7.99. The van der Waals surface area contributed by atoms with Gasteiger partial charge in [0, 0.05) is 23.9 Å². The Bertz CT molecular complexity index is 559. The maximum Gasteiger partial charge on any atom is 0.191 e. The molecule has 1 aliphatic heterocycles. The highest BCUT2D eigenvalue weighted by Gasteiger charge is 2.28. The second kappa shape index (κ2) is 8.98. The van der Waals surface area contributed by atoms with Gasteiger partial charge in [0.15, 0.2) is 15.8 Å². The number of aliphatic imine (C=N–C) groups is 1. The van der Waals surface area contributed by atoms with Crippen molar-refractivity contribution in [2.24, 2.45) is 10.9 Å². The molecule has 7 heteroatoms. The van der Waals surface area contributed by atoms with Crippen molar-refractivity contribution < 1.29 is 8.42 Å². The molecule has 0 spiro atoms. The first kappa shape index (κ1) is 19.3. The Balaban J connectivity index is 1.58. The van der Waals surface area contributed by atoms with Gasteiger partial charge in [0.1, 0.15) is 0 Å². The summed E-state index contributed by atoms with van der Waals surface area (Å²) < 4.78 is 23.3. The maximum absolute atomic E-state index is 11.7. The molecule has 3 atom stereocenters. The van der Waals surface area contributed by atoms with Crippen LogP contribution in [0.3, 0.4) is 0 Å². The van der Waals surface area contributed by atoms with Crippen LogP contribution in [0.1, 0.15) is 57.8 Å². The van der Waals surface area contributed by atoms with Crippen LogP contribution in [0.5, 0.6) is 0 Å². The number of sulfone groups is 1. The normalized spacial score (nSPS) is 33.5. The molecule has 1 saturated heterocycles. The first-order valence-corrected chi connectivity index (χ1v) is 13.0. The largest absolute Gasteiger partial charge is 0.354 e. The SMILES string of the molecule is CSC1CCCC(NC(=NCC2CCS(=O)(=O)C2)NC2CCCC2)C1. The molecule has 2 aliphatic carbocycles. The average molecular weight is 388 g/mol. The second-order valence-electron chi connectivity index (χ2n) is 7.95. The Morgan fingerprint density at radius 2 is 1.76 bits per heavy atom. The second-order valence-corrected chi connectivity index (χ2v) is 11.3. The summed E-state index contributed by atoms with van der Waals surface area (Å²) in [6.07, 6.45) is 13.0. The van der Waals surface area contributed by atoms with Crippen molar-refractivity contribution in [1.29, 1.82) is 0 Å². The van der Waals surface area contributed by atoms with Gasteiger partial charge in [-0.1, -0.05) is 19.3 Å². The van der Waals surface area contributed by atoms with Crippen molar-refractivity contribution in [3.63, 3.8) is 0 Å². The van der Waals surface area contributed by atoms with E-state index >= 15 is 0 Å². The number of hydrogen-bond acceptors (Lipinski definition) is 4. The molecule has 2 saturated carbocycles. The fourth-order valence-corrected chi connectivity index (χ4v) is 6.99. The molecule has 0 amide bonds. The molecule has 144 valence electrons. The number of nitrogens with zero attached hydrogens (tertiary/aromatic N) is 1. The fourth-order valence-electron chi connectivity index (χ4n) is 4.32. The van der Waals surface area contributed by atoms with Gasteiger partial charge >= 0.3 is 0 Å². The van der Waals surface area contributed by atoms with E-state index in [1.807, 2.05) is 11.8 Å². The predicted molar refractivity (Wildman–Crippen MR) is 107 cm³/mol. The lowest BCUT2D eigenvalue weighted by atomic mass is 9.95. The molecule has 0 bridgehead atoms. The van der Waals surface area contributed by atoms with Crippen LogP contribution >= 0.6 is 11.8 Å². The van der Waals surface area contributed by atoms with Crippen molar-refractivity contribution in [2.45, 2.75) is 75.1 Å². The number of hydrogen-bond donors (Lipinski definition) is 2. The number of nitrogens with one attached hydrogen (secondary N) is 2. The third-order valence-electron chi connectivity index (χ3n) is 5.83. The van der Waals surface area contributed by atoms with Gasteiger partial charge in [0.2, 0.25) is 0 Å². The van der Waals surface area contributed by atoms with Crippen molar-refractivity contribution in [3.05, 3.63) is 0 Å². The van der Waals surface area contributed by atoms with Gasteiger partial charge in [-0.25, -0.2) is 8.42 Å². The Hall–Kier alpha value is -0.430. The zero-order valence-corrected chi connectivity index (χ0v) is 17.0. The zero-order chi connectivity index (χ0) is 17.7. The van der Waals surface area contributed by atoms with Crippen LogP contribution < -0.4 is 10.6 Å². The van der Waals surface area contributed by atoms with E-state index in [4.69, 9.17) is 4.99 Å². The van der Waals surface area contributed by atoms with Crippen molar-refractivity contribution in [2.75, 3.05) is 24.3 Å². The fraction of sp³-hybridized carbons (Fsp3) is 0.944. The first-order chi connectivity index (χ1) is 12.0. The highest BCUT2D eigenvalue weighted by Crippen LogP contribution is 2.27. The summed E-state index contributed by atoms with van der Waals surface area (Å²) in [5.74, 6) is 1.76. The number of guanidine groups is 1. The van der Waals surface area contributed by atoms with Crippen LogP contribution in [0.4, 0.5) is 0 Å². The summed E-state index contributed by atoms with van der Waals surface area (Å²) >= 11 is 1.98. The molecule has 0 aromatic carbocycles. The zero-order valence-electron chi connectivity index (χ0n) is 15.4. The lowest BCUT2D eigenvalue weighted by molar-refractivity contribution is 0.416. The first-order valence-electron chi connectivity index (χ1n) is 9.85. The molecule has 1 heterocycles. The smallest absolute Gasteiger partial charge is 0.191 e. The standard InChI is InChI=1S/C18H33N3O2S2/c1-24-17-8-4-7-16(11-17)21-18(20-15-5-2-3-6-15)19-12-14-9-10-25(22,23)13-14/h14-17H,2-13H2,1H3,(H2,19,20,21). The molecular weight excluding hydrogens is 354 g/mol. The lowest BCUT2D eigenvalue weighted by Crippen LogP contribution is -2.48. The quantitative estimate of drug-likeness (QED) is 0.560. The molecule has 3 rings (SSSR count). The molecule has 25 heavy (non-hydrogen) atoms. The summed E-state index contributed by atoms with van der Waals surface area (Å²) in [7, 11) is -2.82. The third-order valence-corrected chi connectivity index (χ3v) is 8.76. The minimum atomic E-state index is -2.82. The Labute approximate surface area is 157 Å². The summed E-state index contributed by atoms with van der Waals surface area (Å²) in [4.78, 5) is 4.80. The van der Waals surface area contributed by atoms with E-state index in [9.17, 15) is 8.42 Å². The summed E-state index contributed by atoms with van der Waals surface area (Å²) in [5, 5.41) is 8.04. The topological polar surface area (TPSA) is 70.6 Å². The van der Waals surface area contributed by atoms with Gasteiger partial charge in [-0.15, -0.1) is 0 Å². The molecule has 0 radical (unpaired) electrons. The van der Waals surface area contributed by atoms with E-state index in [-0.39, 0.29) is 5.92 Å². The van der Waals surface area contributed by atoms with Gasteiger partial charge < -0.3 is 10.6 Å². The monoisotopic (exact) mass is 387 g/mol. The maximum atomic E-state index is 11.7. The highest BCUT2D eigenvalue weighted by atomic mass is 32.2. The van der Waals surface area contributed by atoms with Gasteiger partial charge in [-0.05, 0) is 50.7 Å². The molecule has 3 unspecified atom stereocenters. The van der Waals surface area contributed by atoms with Crippen molar-refractivity contribution >= 4 is 27.6 Å². The molecule has 3 fully saturated rings. The molecule has 5 nitrogen and oxygen atoms in total. The molecule has 3 aliphatic rings. The summed E-state index contributed by atoms with van der Waals surface area (Å²) in [6, 6.07) is 1.02. The van der Waals surface area contributed by atoms with E-state index in [1.54, 1.807) is 0 Å². The Morgan fingerprint density at radius 1 is 1.04 bits per heavy atom. The number of rotatable bonds is 5. The Morgan fingerprint density at radius 3 is 2.44 bits per heavy atom. The molecule has 2 N–H and O–H groups in total. The summed E-state index contributed by atoms with van der Waals surface area (Å²) in [5.41, 5.74) is 0. The van der Waals surface area contributed by atoms with Crippen LogP contribution in [0.2, 0.25) is 0 Å². The van der Waals surface area contributed by atoms with Crippen LogP contribution in [-0.2, 0) is 9.84 Å². The molecular formula is C18H33N3O2S2. The minimum Gasteiger partial charge on any atom is -0.354 e. The van der Waals surface area contributed by atoms with Crippen LogP contribution in [-0.4, -0.2) is 56.0 Å². The van der Waals surface area contributed by atoms with Gasteiger partial charge in [0.05, 0.1) is 11.5 Å². The van der Waals surface area contributed by atoms with Crippen LogP contribution in [0.15, 0.2) is 4.99 Å². The summed E-state index contributed by atoms with van der Waals surface area (Å²) in [6.45, 7) is 0.625. The van der Waals surface area contributed by atoms with E-state index in [0.29, 0.717) is 30.1 Å². The van der Waals surface area contributed by atoms with Crippen molar-refractivity contribution in [1.82, 2.24) is 10.6 Å².